The van der Waals surface area contributed by atoms with Crippen LogP contribution in [0.1, 0.15) is 38.9 Å². The largest absolute Gasteiger partial charge is 0.416 e. The number of hydrogen-bond acceptors (Lipinski definition) is 3. The van der Waals surface area contributed by atoms with Gasteiger partial charge in [0.15, 0.2) is 0 Å². The first-order chi connectivity index (χ1) is 16.0. The number of carbonyl (C=O) groups excluding carboxylic acids is 2. The van der Waals surface area contributed by atoms with Crippen molar-refractivity contribution in [2.75, 3.05) is 5.32 Å². The lowest BCUT2D eigenvalue weighted by molar-refractivity contribution is -0.137. The predicted octanol–water partition coefficient (Wildman–Crippen LogP) is 4.78. The van der Waals surface area contributed by atoms with E-state index in [1.54, 1.807) is 0 Å². The molecule has 2 amide bonds. The van der Waals surface area contributed by atoms with Gasteiger partial charge in [0, 0.05) is 16.1 Å². The molecule has 0 saturated heterocycles. The van der Waals surface area contributed by atoms with Crippen LogP contribution in [-0.4, -0.2) is 16.4 Å². The number of nitrogens with zero attached hydrogens (tertiary/aromatic N) is 2. The first kappa shape index (κ1) is 23.3. The molecule has 0 radical (unpaired) electrons. The van der Waals surface area contributed by atoms with Gasteiger partial charge in [-0.05, 0) is 42.5 Å². The van der Waals surface area contributed by atoms with Crippen LogP contribution in [0.3, 0.4) is 0 Å². The average molecular weight is 495 g/mol. The van der Waals surface area contributed by atoms with E-state index in [0.717, 1.165) is 12.1 Å². The van der Waals surface area contributed by atoms with Crippen LogP contribution in [0.4, 0.5) is 27.6 Å². The topological polar surface area (TPSA) is 86.9 Å². The highest BCUT2D eigenvalue weighted by molar-refractivity contribution is 6.31. The molecule has 1 atom stereocenters. The fourth-order valence-electron chi connectivity index (χ4n) is 3.70. The summed E-state index contributed by atoms with van der Waals surface area (Å²) in [4.78, 5) is 25.0. The van der Waals surface area contributed by atoms with E-state index in [2.05, 4.69) is 10.6 Å². The molecule has 4 rings (SSSR count). The Labute approximate surface area is 193 Å². The fourth-order valence-corrected chi connectivity index (χ4v) is 3.92. The number of alkyl halides is 3. The van der Waals surface area contributed by atoms with Crippen molar-refractivity contribution in [3.05, 3.63) is 87.2 Å². The lowest BCUT2D eigenvalue weighted by atomic mass is 10.0. The molecule has 0 saturated carbocycles. The minimum atomic E-state index is -4.88. The molecule has 2 heterocycles. The van der Waals surface area contributed by atoms with Crippen LogP contribution in [0.25, 0.3) is 0 Å². The van der Waals surface area contributed by atoms with Gasteiger partial charge in [-0.1, -0.05) is 11.6 Å². The van der Waals surface area contributed by atoms with Crippen molar-refractivity contribution < 1.29 is 31.5 Å². The molecule has 3 aromatic rings. The number of aromatic nitrogens is 1. The molecule has 2 aromatic carbocycles. The highest BCUT2D eigenvalue weighted by Crippen LogP contribution is 2.37. The zero-order chi connectivity index (χ0) is 24.8. The van der Waals surface area contributed by atoms with Crippen molar-refractivity contribution in [2.45, 2.75) is 18.8 Å². The number of benzene rings is 2. The second kappa shape index (κ2) is 8.46. The number of anilines is 1. The number of rotatable bonds is 3. The maximum atomic E-state index is 13.9. The lowest BCUT2D eigenvalue weighted by Crippen LogP contribution is -2.39. The second-order valence-corrected chi connectivity index (χ2v) is 7.78. The Morgan fingerprint density at radius 2 is 1.88 bits per heavy atom. The molecule has 1 aliphatic rings. The van der Waals surface area contributed by atoms with E-state index >= 15 is 0 Å². The van der Waals surface area contributed by atoms with Crippen molar-refractivity contribution in [2.24, 2.45) is 0 Å². The Hall–Kier alpha value is -3.91. The standard InChI is InChI=1S/C22H12ClF5N4O2/c23-16-2-1-12(24)6-15(16)19-20-17(7-14(8-29)32(20)9-18(33)31-19)30-21(34)10-3-11(22(26,27)28)5-13(25)4-10/h1-7,19H,9H2,(H,30,34)(H,31,33). The number of nitrogens with one attached hydrogen (secondary N) is 2. The Morgan fingerprint density at radius 1 is 1.15 bits per heavy atom. The van der Waals surface area contributed by atoms with E-state index < -0.39 is 46.8 Å². The number of nitriles is 1. The van der Waals surface area contributed by atoms with Crippen LogP contribution in [0, 0.1) is 23.0 Å². The third-order valence-electron chi connectivity index (χ3n) is 5.14. The maximum absolute atomic E-state index is 13.9. The van der Waals surface area contributed by atoms with E-state index in [1.807, 2.05) is 6.07 Å². The summed E-state index contributed by atoms with van der Waals surface area (Å²) >= 11 is 6.19. The van der Waals surface area contributed by atoms with Crippen molar-refractivity contribution in [3.63, 3.8) is 0 Å². The molecule has 1 unspecified atom stereocenters. The fraction of sp³-hybridized carbons (Fsp3) is 0.136. The number of carbonyl (C=O) groups is 2. The predicted molar refractivity (Wildman–Crippen MR) is 110 cm³/mol. The van der Waals surface area contributed by atoms with Crippen molar-refractivity contribution >= 4 is 29.1 Å². The van der Waals surface area contributed by atoms with Gasteiger partial charge in [-0.15, -0.1) is 0 Å². The van der Waals surface area contributed by atoms with E-state index in [4.69, 9.17) is 11.6 Å². The van der Waals surface area contributed by atoms with Crippen LogP contribution in [0.5, 0.6) is 0 Å². The van der Waals surface area contributed by atoms with Crippen molar-refractivity contribution in [1.82, 2.24) is 9.88 Å². The van der Waals surface area contributed by atoms with Crippen LogP contribution < -0.4 is 10.6 Å². The summed E-state index contributed by atoms with van der Waals surface area (Å²) in [5, 5.41) is 14.5. The number of amides is 2. The Kier molecular flexibility index (Phi) is 5.79. The molecule has 12 heteroatoms. The lowest BCUT2D eigenvalue weighted by Gasteiger charge is -2.28. The van der Waals surface area contributed by atoms with E-state index in [1.165, 1.54) is 16.7 Å². The van der Waals surface area contributed by atoms with Crippen molar-refractivity contribution in [1.29, 1.82) is 5.26 Å². The van der Waals surface area contributed by atoms with E-state index in [9.17, 15) is 36.8 Å². The highest BCUT2D eigenvalue weighted by Gasteiger charge is 2.34. The van der Waals surface area contributed by atoms with Crippen LogP contribution >= 0.6 is 11.6 Å². The number of fused-ring (bicyclic) bond motifs is 1. The molecule has 0 bridgehead atoms. The molecule has 0 aliphatic carbocycles. The molecule has 34 heavy (non-hydrogen) atoms. The zero-order valence-electron chi connectivity index (χ0n) is 16.8. The van der Waals surface area contributed by atoms with Gasteiger partial charge in [-0.2, -0.15) is 18.4 Å². The SMILES string of the molecule is N#Cc1cc(NC(=O)c2cc(F)cc(C(F)(F)F)c2)c2n1CC(=O)NC2c1cc(F)ccc1Cl. The summed E-state index contributed by atoms with van der Waals surface area (Å²) < 4.78 is 68.1. The molecule has 174 valence electrons. The number of halogens is 6. The summed E-state index contributed by atoms with van der Waals surface area (Å²) in [7, 11) is 0. The van der Waals surface area contributed by atoms with Gasteiger partial charge in [0.2, 0.25) is 5.91 Å². The van der Waals surface area contributed by atoms with Gasteiger partial charge >= 0.3 is 6.18 Å². The molecule has 1 aromatic heterocycles. The molecular weight excluding hydrogens is 483 g/mol. The smallest absolute Gasteiger partial charge is 0.342 e. The van der Waals surface area contributed by atoms with Crippen LogP contribution in [0.15, 0.2) is 42.5 Å². The average Bonchev–Trinajstić information content (AvgIpc) is 3.11. The van der Waals surface area contributed by atoms with Crippen molar-refractivity contribution in [3.8, 4) is 6.07 Å². The molecule has 1 aliphatic heterocycles. The third kappa shape index (κ3) is 4.32. The Morgan fingerprint density at radius 3 is 2.56 bits per heavy atom. The minimum absolute atomic E-state index is 0.0482. The summed E-state index contributed by atoms with van der Waals surface area (Å²) in [5.41, 5.74) is -1.81. The van der Waals surface area contributed by atoms with Gasteiger partial charge in [0.25, 0.3) is 5.91 Å². The van der Waals surface area contributed by atoms with Gasteiger partial charge in [0.05, 0.1) is 23.0 Å². The molecular formula is C22H12ClF5N4O2. The maximum Gasteiger partial charge on any atom is 0.416 e. The van der Waals surface area contributed by atoms with Crippen LogP contribution in [-0.2, 0) is 17.5 Å². The molecule has 6 nitrogen and oxygen atoms in total. The monoisotopic (exact) mass is 494 g/mol. The second-order valence-electron chi connectivity index (χ2n) is 7.37. The zero-order valence-corrected chi connectivity index (χ0v) is 17.6. The number of hydrogen-bond donors (Lipinski definition) is 2. The third-order valence-corrected chi connectivity index (χ3v) is 5.48. The first-order valence-corrected chi connectivity index (χ1v) is 9.92. The highest BCUT2D eigenvalue weighted by atomic mass is 35.5. The molecule has 0 fully saturated rings. The summed E-state index contributed by atoms with van der Waals surface area (Å²) in [6, 6.07) is 6.75. The summed E-state index contributed by atoms with van der Waals surface area (Å²) in [6.07, 6.45) is -4.88. The quantitative estimate of drug-likeness (QED) is 0.514. The van der Waals surface area contributed by atoms with Gasteiger partial charge in [-0.25, -0.2) is 8.78 Å². The van der Waals surface area contributed by atoms with Gasteiger partial charge in [0.1, 0.15) is 29.9 Å². The van der Waals surface area contributed by atoms with E-state index in [0.29, 0.717) is 12.1 Å². The van der Waals surface area contributed by atoms with Gasteiger partial charge in [-0.3, -0.25) is 9.59 Å². The minimum Gasteiger partial charge on any atom is -0.342 e. The molecule has 2 N–H and O–H groups in total. The Balaban J connectivity index is 1.80. The van der Waals surface area contributed by atoms with Crippen LogP contribution in [0.2, 0.25) is 5.02 Å². The molecule has 0 spiro atoms. The Bertz CT molecular complexity index is 1380. The summed E-state index contributed by atoms with van der Waals surface area (Å²) in [6.45, 7) is -0.310. The first-order valence-electron chi connectivity index (χ1n) is 9.55. The van der Waals surface area contributed by atoms with E-state index in [-0.39, 0.29) is 40.3 Å². The van der Waals surface area contributed by atoms with Gasteiger partial charge < -0.3 is 15.2 Å². The normalized spacial score (nSPS) is 15.3. The summed E-state index contributed by atoms with van der Waals surface area (Å²) in [5.74, 6) is -3.55.